The summed E-state index contributed by atoms with van der Waals surface area (Å²) >= 11 is 0. The van der Waals surface area contributed by atoms with Crippen LogP contribution in [-0.4, -0.2) is 40.5 Å². The van der Waals surface area contributed by atoms with E-state index >= 15 is 0 Å². The van der Waals surface area contributed by atoms with E-state index in [0.29, 0.717) is 12.3 Å². The molecule has 6 heteroatoms. The van der Waals surface area contributed by atoms with Gasteiger partial charge in [0.1, 0.15) is 5.69 Å². The Labute approximate surface area is 106 Å². The van der Waals surface area contributed by atoms with Crippen LogP contribution in [-0.2, 0) is 11.8 Å². The number of carbonyl (C=O) groups excluding carboxylic acids is 1. The summed E-state index contributed by atoms with van der Waals surface area (Å²) in [6, 6.07) is 1.62. The molecule has 6 nitrogen and oxygen atoms in total. The molecular weight excluding hydrogens is 232 g/mol. The summed E-state index contributed by atoms with van der Waals surface area (Å²) < 4.78 is 7.18. The third-order valence-corrected chi connectivity index (χ3v) is 3.39. The number of hydrogen-bond acceptors (Lipinski definition) is 4. The molecule has 0 saturated heterocycles. The van der Waals surface area contributed by atoms with Crippen LogP contribution in [0.4, 0.5) is 0 Å². The highest BCUT2D eigenvalue weighted by Gasteiger charge is 2.40. The Hall–Kier alpha value is -1.40. The monoisotopic (exact) mass is 252 g/mol. The minimum Gasteiger partial charge on any atom is -0.376 e. The van der Waals surface area contributed by atoms with Gasteiger partial charge in [0.2, 0.25) is 0 Å². The molecule has 1 aliphatic carbocycles. The van der Waals surface area contributed by atoms with E-state index in [9.17, 15) is 4.79 Å². The summed E-state index contributed by atoms with van der Waals surface area (Å²) in [5.74, 6) is -0.191. The van der Waals surface area contributed by atoms with E-state index < -0.39 is 0 Å². The highest BCUT2D eigenvalue weighted by Crippen LogP contribution is 2.22. The molecule has 0 aliphatic heterocycles. The van der Waals surface area contributed by atoms with Gasteiger partial charge in [0.15, 0.2) is 0 Å². The van der Waals surface area contributed by atoms with E-state index in [2.05, 4.69) is 10.4 Å². The first-order chi connectivity index (χ1) is 8.52. The van der Waals surface area contributed by atoms with Crippen molar-refractivity contribution < 1.29 is 9.53 Å². The average Bonchev–Trinajstić information content (AvgIpc) is 2.66. The van der Waals surface area contributed by atoms with Crippen molar-refractivity contribution >= 4 is 5.91 Å². The molecule has 1 saturated carbocycles. The molecule has 3 unspecified atom stereocenters. The Morgan fingerprint density at radius 1 is 1.72 bits per heavy atom. The molecule has 0 bridgehead atoms. The van der Waals surface area contributed by atoms with Gasteiger partial charge in [0, 0.05) is 25.4 Å². The van der Waals surface area contributed by atoms with E-state index in [1.807, 2.05) is 20.9 Å². The topological polar surface area (TPSA) is 82.2 Å². The van der Waals surface area contributed by atoms with Gasteiger partial charge in [-0.1, -0.05) is 0 Å². The minimum absolute atomic E-state index is 0.0266. The van der Waals surface area contributed by atoms with E-state index in [1.54, 1.807) is 10.7 Å². The van der Waals surface area contributed by atoms with Crippen molar-refractivity contribution in [1.82, 2.24) is 15.1 Å². The lowest BCUT2D eigenvalue weighted by atomic mass is 9.83. The zero-order chi connectivity index (χ0) is 13.3. The second-order valence-electron chi connectivity index (χ2n) is 4.69. The molecule has 1 aliphatic rings. The fourth-order valence-corrected chi connectivity index (χ4v) is 2.12. The minimum atomic E-state index is -0.191. The molecule has 100 valence electrons. The molecule has 0 spiro atoms. The van der Waals surface area contributed by atoms with Gasteiger partial charge < -0.3 is 15.8 Å². The highest BCUT2D eigenvalue weighted by atomic mass is 16.5. The number of hydrogen-bond donors (Lipinski definition) is 2. The maximum absolute atomic E-state index is 12.0. The maximum Gasteiger partial charge on any atom is 0.272 e. The molecule has 3 N–H and O–H groups in total. The summed E-state index contributed by atoms with van der Waals surface area (Å²) in [7, 11) is 1.81. The number of ether oxygens (including phenoxy) is 1. The van der Waals surface area contributed by atoms with Crippen molar-refractivity contribution in [3.05, 3.63) is 17.5 Å². The van der Waals surface area contributed by atoms with E-state index in [1.165, 1.54) is 0 Å². The van der Waals surface area contributed by atoms with Gasteiger partial charge in [0.25, 0.3) is 5.91 Å². The second-order valence-corrected chi connectivity index (χ2v) is 4.69. The lowest BCUT2D eigenvalue weighted by Crippen LogP contribution is -2.64. The number of nitrogens with one attached hydrogen (secondary N) is 1. The molecular formula is C12H20N4O2. The fourth-order valence-electron chi connectivity index (χ4n) is 2.12. The Kier molecular flexibility index (Phi) is 3.68. The van der Waals surface area contributed by atoms with E-state index in [4.69, 9.17) is 10.5 Å². The van der Waals surface area contributed by atoms with Gasteiger partial charge in [-0.15, -0.1) is 0 Å². The fraction of sp³-hybridized carbons (Fsp3) is 0.667. The van der Waals surface area contributed by atoms with Crippen LogP contribution in [0.3, 0.4) is 0 Å². The highest BCUT2D eigenvalue weighted by molar-refractivity contribution is 5.92. The van der Waals surface area contributed by atoms with Crippen LogP contribution in [0.5, 0.6) is 0 Å². The van der Waals surface area contributed by atoms with Crippen LogP contribution < -0.4 is 11.1 Å². The van der Waals surface area contributed by atoms with Crippen LogP contribution in [0.2, 0.25) is 0 Å². The van der Waals surface area contributed by atoms with Crippen LogP contribution in [0.25, 0.3) is 0 Å². The van der Waals surface area contributed by atoms with Crippen LogP contribution in [0.1, 0.15) is 29.5 Å². The molecule has 1 amide bonds. The molecule has 2 rings (SSSR count). The van der Waals surface area contributed by atoms with Gasteiger partial charge in [-0.25, -0.2) is 0 Å². The number of rotatable bonds is 4. The quantitative estimate of drug-likeness (QED) is 0.788. The number of amides is 1. The zero-order valence-corrected chi connectivity index (χ0v) is 11.0. The van der Waals surface area contributed by atoms with Crippen LogP contribution in [0, 0.1) is 6.92 Å². The summed E-state index contributed by atoms with van der Waals surface area (Å²) in [4.78, 5) is 12.0. The standard InChI is InChI=1S/C12H20N4O2/c1-4-18-10-6-8(13)11(10)14-12(17)9-5-7(2)16(3)15-9/h5,8,10-11H,4,6,13H2,1-3H3,(H,14,17). The van der Waals surface area contributed by atoms with Gasteiger partial charge >= 0.3 is 0 Å². The number of aromatic nitrogens is 2. The maximum atomic E-state index is 12.0. The zero-order valence-electron chi connectivity index (χ0n) is 11.0. The molecule has 1 aromatic rings. The first-order valence-corrected chi connectivity index (χ1v) is 6.21. The molecule has 0 aromatic carbocycles. The molecule has 1 fully saturated rings. The summed E-state index contributed by atoms with van der Waals surface area (Å²) in [6.45, 7) is 4.47. The van der Waals surface area contributed by atoms with Crippen molar-refractivity contribution in [2.45, 2.75) is 38.5 Å². The molecule has 1 heterocycles. The Bertz CT molecular complexity index is 422. The Morgan fingerprint density at radius 2 is 2.44 bits per heavy atom. The van der Waals surface area contributed by atoms with Crippen LogP contribution >= 0.6 is 0 Å². The smallest absolute Gasteiger partial charge is 0.272 e. The van der Waals surface area contributed by atoms with Crippen molar-refractivity contribution in [3.8, 4) is 0 Å². The predicted octanol–water partition coefficient (Wildman–Crippen LogP) is -0.0370. The Balaban J connectivity index is 1.98. The Morgan fingerprint density at radius 3 is 2.94 bits per heavy atom. The number of nitrogens with zero attached hydrogens (tertiary/aromatic N) is 2. The van der Waals surface area contributed by atoms with E-state index in [-0.39, 0.29) is 24.1 Å². The predicted molar refractivity (Wildman–Crippen MR) is 67.2 cm³/mol. The normalized spacial score (nSPS) is 26.8. The summed E-state index contributed by atoms with van der Waals surface area (Å²) in [5.41, 5.74) is 7.25. The van der Waals surface area contributed by atoms with Crippen molar-refractivity contribution in [2.24, 2.45) is 12.8 Å². The van der Waals surface area contributed by atoms with Gasteiger partial charge in [-0.2, -0.15) is 5.10 Å². The third kappa shape index (κ3) is 2.39. The van der Waals surface area contributed by atoms with Gasteiger partial charge in [-0.05, 0) is 26.3 Å². The SMILES string of the molecule is CCOC1CC(N)C1NC(=O)c1cc(C)n(C)n1. The average molecular weight is 252 g/mol. The van der Waals surface area contributed by atoms with Gasteiger partial charge in [-0.3, -0.25) is 9.48 Å². The first-order valence-electron chi connectivity index (χ1n) is 6.21. The lowest BCUT2D eigenvalue weighted by Gasteiger charge is -2.42. The summed E-state index contributed by atoms with van der Waals surface area (Å²) in [6.07, 6.45) is 0.818. The van der Waals surface area contributed by atoms with Crippen molar-refractivity contribution in [2.75, 3.05) is 6.61 Å². The first kappa shape index (κ1) is 13.0. The number of carbonyl (C=O) groups is 1. The van der Waals surface area contributed by atoms with Crippen molar-refractivity contribution in [3.63, 3.8) is 0 Å². The van der Waals surface area contributed by atoms with Crippen molar-refractivity contribution in [1.29, 1.82) is 0 Å². The molecule has 1 aromatic heterocycles. The van der Waals surface area contributed by atoms with E-state index in [0.717, 1.165) is 12.1 Å². The number of nitrogens with two attached hydrogens (primary N) is 1. The second kappa shape index (κ2) is 5.07. The lowest BCUT2D eigenvalue weighted by molar-refractivity contribution is -0.0300. The molecule has 18 heavy (non-hydrogen) atoms. The third-order valence-electron chi connectivity index (χ3n) is 3.39. The number of aryl methyl sites for hydroxylation is 2. The molecule has 3 atom stereocenters. The van der Waals surface area contributed by atoms with Crippen LogP contribution in [0.15, 0.2) is 6.07 Å². The molecule has 0 radical (unpaired) electrons. The summed E-state index contributed by atoms with van der Waals surface area (Å²) in [5, 5.41) is 7.03. The largest absolute Gasteiger partial charge is 0.376 e. The van der Waals surface area contributed by atoms with Gasteiger partial charge in [0.05, 0.1) is 12.1 Å².